The number of hydrogen-bond donors (Lipinski definition) is 2. The summed E-state index contributed by atoms with van der Waals surface area (Å²) in [5.74, 6) is -1.25. The predicted octanol–water partition coefficient (Wildman–Crippen LogP) is 2.93. The van der Waals surface area contributed by atoms with Crippen LogP contribution in [0.1, 0.15) is 46.1 Å². The normalized spacial score (nSPS) is 16.3. The minimum Gasteiger partial charge on any atom is -0.458 e. The molecule has 0 spiro atoms. The highest BCUT2D eigenvalue weighted by molar-refractivity contribution is 7.89. The van der Waals surface area contributed by atoms with Gasteiger partial charge < -0.3 is 25.0 Å². The van der Waals surface area contributed by atoms with Gasteiger partial charge in [-0.05, 0) is 75.6 Å². The van der Waals surface area contributed by atoms with E-state index in [2.05, 4.69) is 10.6 Å². The smallest absolute Gasteiger partial charge is 0.414 e. The van der Waals surface area contributed by atoms with E-state index >= 15 is 0 Å². The second kappa shape index (κ2) is 13.3. The molecule has 2 aromatic carbocycles. The molecule has 2 atom stereocenters. The first kappa shape index (κ1) is 32.5. The Bertz CT molecular complexity index is 1400. The number of anilines is 1. The van der Waals surface area contributed by atoms with Gasteiger partial charge in [-0.25, -0.2) is 18.0 Å². The van der Waals surface area contributed by atoms with E-state index < -0.39 is 45.7 Å². The van der Waals surface area contributed by atoms with E-state index in [-0.39, 0.29) is 30.2 Å². The molecule has 2 N–H and O–H groups in total. The molecule has 0 aliphatic carbocycles. The molecular weight excluding hydrogens is 564 g/mol. The van der Waals surface area contributed by atoms with E-state index in [0.29, 0.717) is 23.4 Å². The van der Waals surface area contributed by atoms with Crippen molar-refractivity contribution < 1.29 is 37.1 Å². The maximum atomic E-state index is 13.5. The molecule has 2 aromatic rings. The first-order valence-electron chi connectivity index (χ1n) is 13.5. The zero-order chi connectivity index (χ0) is 31.2. The lowest BCUT2D eigenvalue weighted by atomic mass is 10.0. The summed E-state index contributed by atoms with van der Waals surface area (Å²) in [6.07, 6.45) is 0.265. The maximum absolute atomic E-state index is 13.5. The average molecular weight is 603 g/mol. The third-order valence-electron chi connectivity index (χ3n) is 6.23. The molecular formula is C29H38N4O8S. The third-order valence-corrected chi connectivity index (χ3v) is 8.15. The van der Waals surface area contributed by atoms with Gasteiger partial charge >= 0.3 is 12.1 Å². The van der Waals surface area contributed by atoms with Gasteiger partial charge in [-0.15, -0.1) is 0 Å². The largest absolute Gasteiger partial charge is 0.458 e. The van der Waals surface area contributed by atoms with Crippen LogP contribution in [0.15, 0.2) is 53.4 Å². The van der Waals surface area contributed by atoms with Crippen LogP contribution >= 0.6 is 0 Å². The molecule has 0 aromatic heterocycles. The Morgan fingerprint density at radius 2 is 1.64 bits per heavy atom. The number of amides is 3. The highest BCUT2D eigenvalue weighted by Crippen LogP contribution is 2.27. The Morgan fingerprint density at radius 1 is 1.02 bits per heavy atom. The maximum Gasteiger partial charge on any atom is 0.414 e. The second-order valence-corrected chi connectivity index (χ2v) is 13.1. The summed E-state index contributed by atoms with van der Waals surface area (Å²) in [7, 11) is -0.922. The summed E-state index contributed by atoms with van der Waals surface area (Å²) >= 11 is 0. The monoisotopic (exact) mass is 602 g/mol. The fraction of sp³-hybridized carbons (Fsp3) is 0.448. The van der Waals surface area contributed by atoms with Crippen molar-refractivity contribution in [2.24, 2.45) is 0 Å². The molecule has 1 aliphatic heterocycles. The molecule has 1 aliphatic rings. The summed E-state index contributed by atoms with van der Waals surface area (Å²) in [4.78, 5) is 51.0. The quantitative estimate of drug-likeness (QED) is 0.416. The van der Waals surface area contributed by atoms with Gasteiger partial charge in [-0.3, -0.25) is 9.59 Å². The number of hydrogen-bond acceptors (Lipinski definition) is 8. The van der Waals surface area contributed by atoms with Gasteiger partial charge in [0, 0.05) is 39.7 Å². The lowest BCUT2D eigenvalue weighted by molar-refractivity contribution is -0.158. The number of sulfonamides is 1. The minimum absolute atomic E-state index is 0.0185. The number of carbonyl (C=O) groups excluding carboxylic acids is 4. The first-order valence-corrected chi connectivity index (χ1v) is 14.9. The van der Waals surface area contributed by atoms with Crippen LogP contribution < -0.4 is 15.4 Å². The zero-order valence-electron chi connectivity index (χ0n) is 24.7. The molecule has 0 unspecified atom stereocenters. The summed E-state index contributed by atoms with van der Waals surface area (Å²) in [5.41, 5.74) is 0.281. The van der Waals surface area contributed by atoms with E-state index in [1.165, 1.54) is 36.1 Å². The van der Waals surface area contributed by atoms with Crippen LogP contribution in [0.2, 0.25) is 0 Å². The topological polar surface area (TPSA) is 151 Å². The molecule has 1 heterocycles. The van der Waals surface area contributed by atoms with Crippen LogP contribution in [0.25, 0.3) is 0 Å². The van der Waals surface area contributed by atoms with Crippen molar-refractivity contribution in [3.8, 4) is 5.75 Å². The van der Waals surface area contributed by atoms with Gasteiger partial charge in [-0.2, -0.15) is 4.31 Å². The number of ether oxygens (including phenoxy) is 2. The molecule has 0 saturated carbocycles. The summed E-state index contributed by atoms with van der Waals surface area (Å²) in [5, 5.41) is 5.30. The highest BCUT2D eigenvalue weighted by Gasteiger charge is 2.41. The molecule has 1 saturated heterocycles. The molecule has 12 nitrogen and oxygen atoms in total. The molecule has 13 heteroatoms. The fourth-order valence-electron chi connectivity index (χ4n) is 4.29. The molecule has 0 radical (unpaired) electrons. The van der Waals surface area contributed by atoms with Crippen LogP contribution in [0.3, 0.4) is 0 Å². The second-order valence-electron chi connectivity index (χ2n) is 11.2. The fourth-order valence-corrected chi connectivity index (χ4v) is 5.95. The Balaban J connectivity index is 1.79. The number of rotatable bonds is 9. The molecule has 42 heavy (non-hydrogen) atoms. The number of carbonyl (C=O) groups is 4. The van der Waals surface area contributed by atoms with Gasteiger partial charge in [0.05, 0.1) is 4.90 Å². The van der Waals surface area contributed by atoms with Gasteiger partial charge in [0.2, 0.25) is 21.8 Å². The van der Waals surface area contributed by atoms with E-state index in [9.17, 15) is 27.6 Å². The Morgan fingerprint density at radius 3 is 2.19 bits per heavy atom. The van der Waals surface area contributed by atoms with Crippen LogP contribution in [0, 0.1) is 0 Å². The van der Waals surface area contributed by atoms with E-state index in [4.69, 9.17) is 9.47 Å². The van der Waals surface area contributed by atoms with Crippen molar-refractivity contribution in [3.05, 3.63) is 54.1 Å². The molecule has 228 valence electrons. The summed E-state index contributed by atoms with van der Waals surface area (Å²) in [6.45, 7) is 6.61. The van der Waals surface area contributed by atoms with E-state index in [1.807, 2.05) is 0 Å². The lowest BCUT2D eigenvalue weighted by Gasteiger charge is -2.28. The van der Waals surface area contributed by atoms with Crippen molar-refractivity contribution in [3.63, 3.8) is 0 Å². The molecule has 1 fully saturated rings. The number of nitrogens with one attached hydrogen (secondary N) is 2. The van der Waals surface area contributed by atoms with Gasteiger partial charge in [-0.1, -0.05) is 12.1 Å². The van der Waals surface area contributed by atoms with Crippen molar-refractivity contribution >= 4 is 39.6 Å². The first-order chi connectivity index (χ1) is 19.6. The summed E-state index contributed by atoms with van der Waals surface area (Å²) in [6, 6.07) is 10.1. The Labute approximate surface area is 246 Å². The van der Waals surface area contributed by atoms with Crippen LogP contribution in [0.5, 0.6) is 5.75 Å². The third kappa shape index (κ3) is 8.76. The van der Waals surface area contributed by atoms with Crippen LogP contribution in [0.4, 0.5) is 10.5 Å². The van der Waals surface area contributed by atoms with Crippen LogP contribution in [-0.2, 0) is 35.6 Å². The lowest BCUT2D eigenvalue weighted by Crippen LogP contribution is -2.52. The minimum atomic E-state index is -4.04. The van der Waals surface area contributed by atoms with Crippen LogP contribution in [-0.4, -0.2) is 79.8 Å². The molecule has 3 amide bonds. The number of benzene rings is 2. The number of nitrogens with zero attached hydrogens (tertiary/aromatic N) is 2. The highest BCUT2D eigenvalue weighted by atomic mass is 32.2. The van der Waals surface area contributed by atoms with Crippen molar-refractivity contribution in [1.82, 2.24) is 14.5 Å². The standard InChI is InChI=1S/C29H38N4O8S/c1-19(34)30-21-11-15-23(16-12-21)42(38,39)33-17-7-8-25(33)26(35)31-24(27(36)41-29(2,3)4)18-20-9-13-22(14-10-20)40-28(37)32(5)6/h9-16,24-25H,7-8,17-18H2,1-6H3,(H,30,34)(H,31,35)/t24-,25-/m0/s1. The van der Waals surface area contributed by atoms with Gasteiger partial charge in [0.25, 0.3) is 0 Å². The Kier molecular flexibility index (Phi) is 10.3. The molecule has 3 rings (SSSR count). The van der Waals surface area contributed by atoms with Crippen molar-refractivity contribution in [2.75, 3.05) is 26.0 Å². The van der Waals surface area contributed by atoms with E-state index in [1.54, 1.807) is 59.1 Å². The van der Waals surface area contributed by atoms with Crippen molar-refractivity contribution in [1.29, 1.82) is 0 Å². The Hall–Kier alpha value is -3.97. The summed E-state index contributed by atoms with van der Waals surface area (Å²) < 4.78 is 38.8. The average Bonchev–Trinajstić information content (AvgIpc) is 3.39. The van der Waals surface area contributed by atoms with Gasteiger partial charge in [0.15, 0.2) is 0 Å². The predicted molar refractivity (Wildman–Crippen MR) is 155 cm³/mol. The number of esters is 1. The van der Waals surface area contributed by atoms with Crippen molar-refractivity contribution in [2.45, 2.75) is 69.5 Å². The molecule has 0 bridgehead atoms. The van der Waals surface area contributed by atoms with Gasteiger partial charge in [0.1, 0.15) is 23.4 Å². The SMILES string of the molecule is CC(=O)Nc1ccc(S(=O)(=O)N2CCC[C@H]2C(=O)N[C@@H](Cc2ccc(OC(=O)N(C)C)cc2)C(=O)OC(C)(C)C)cc1. The van der Waals surface area contributed by atoms with E-state index in [0.717, 1.165) is 4.31 Å². The zero-order valence-corrected chi connectivity index (χ0v) is 25.5.